The number of aromatic carboxylic acids is 1. The van der Waals surface area contributed by atoms with E-state index >= 15 is 0 Å². The topological polar surface area (TPSA) is 57.5 Å². The Morgan fingerprint density at radius 2 is 1.68 bits per heavy atom. The van der Waals surface area contributed by atoms with Crippen LogP contribution in [0.15, 0.2) is 12.1 Å². The van der Waals surface area contributed by atoms with E-state index in [-0.39, 0.29) is 17.2 Å². The van der Waals surface area contributed by atoms with Gasteiger partial charge in [-0.2, -0.15) is 0 Å². The van der Waals surface area contributed by atoms with E-state index in [1.165, 1.54) is 25.7 Å². The Kier molecular flexibility index (Phi) is 7.43. The number of unbranched alkanes of at least 4 members (excludes halogenated alkanes) is 3. The first-order valence-corrected chi connectivity index (χ1v) is 8.42. The lowest BCUT2D eigenvalue weighted by Crippen LogP contribution is -2.03. The zero-order valence-corrected chi connectivity index (χ0v) is 14.4. The van der Waals surface area contributed by atoms with Crippen LogP contribution in [0.5, 0.6) is 5.75 Å². The fourth-order valence-corrected chi connectivity index (χ4v) is 2.70. The second-order valence-electron chi connectivity index (χ2n) is 6.89. The number of phenols is 1. The predicted molar refractivity (Wildman–Crippen MR) is 90.8 cm³/mol. The van der Waals surface area contributed by atoms with Crippen molar-refractivity contribution in [1.82, 2.24) is 0 Å². The summed E-state index contributed by atoms with van der Waals surface area (Å²) in [5.41, 5.74) is 1.78. The van der Waals surface area contributed by atoms with E-state index in [9.17, 15) is 15.0 Å². The van der Waals surface area contributed by atoms with E-state index in [0.717, 1.165) is 29.9 Å². The zero-order chi connectivity index (χ0) is 16.7. The van der Waals surface area contributed by atoms with Gasteiger partial charge in [-0.15, -0.1) is 0 Å². The van der Waals surface area contributed by atoms with Crippen LogP contribution in [0.4, 0.5) is 0 Å². The summed E-state index contributed by atoms with van der Waals surface area (Å²) in [6.45, 7) is 8.43. The third kappa shape index (κ3) is 5.70. The van der Waals surface area contributed by atoms with Gasteiger partial charge < -0.3 is 10.2 Å². The first-order valence-electron chi connectivity index (χ1n) is 8.42. The zero-order valence-electron chi connectivity index (χ0n) is 14.4. The molecule has 0 radical (unpaired) electrons. The molecule has 0 aliphatic heterocycles. The molecule has 1 aromatic carbocycles. The maximum absolute atomic E-state index is 11.3. The van der Waals surface area contributed by atoms with Crippen LogP contribution >= 0.6 is 0 Å². The van der Waals surface area contributed by atoms with E-state index in [1.54, 1.807) is 6.07 Å². The highest BCUT2D eigenvalue weighted by Gasteiger charge is 2.17. The Bertz CT molecular complexity index is 490. The second kappa shape index (κ2) is 8.82. The summed E-state index contributed by atoms with van der Waals surface area (Å²) in [5, 5.41) is 19.3. The highest BCUT2D eigenvalue weighted by molar-refractivity contribution is 5.91. The molecule has 1 aromatic rings. The molecule has 22 heavy (non-hydrogen) atoms. The molecule has 0 aliphatic carbocycles. The van der Waals surface area contributed by atoms with Crippen LogP contribution < -0.4 is 0 Å². The second-order valence-corrected chi connectivity index (χ2v) is 6.89. The van der Waals surface area contributed by atoms with Gasteiger partial charge in [0.25, 0.3) is 0 Å². The maximum Gasteiger partial charge on any atom is 0.339 e. The predicted octanol–water partition coefficient (Wildman–Crippen LogP) is 5.36. The van der Waals surface area contributed by atoms with Gasteiger partial charge in [0.15, 0.2) is 0 Å². The first-order chi connectivity index (χ1) is 10.3. The summed E-state index contributed by atoms with van der Waals surface area (Å²) in [4.78, 5) is 11.3. The van der Waals surface area contributed by atoms with Gasteiger partial charge in [0.1, 0.15) is 11.3 Å². The number of carboxylic acids is 1. The number of hydrogen-bond acceptors (Lipinski definition) is 2. The minimum absolute atomic E-state index is 0.0287. The van der Waals surface area contributed by atoms with Crippen molar-refractivity contribution in [2.45, 2.75) is 72.1 Å². The van der Waals surface area contributed by atoms with Gasteiger partial charge in [-0.3, -0.25) is 0 Å². The molecule has 0 atom stereocenters. The molecular formula is C19H30O3. The fourth-order valence-electron chi connectivity index (χ4n) is 2.70. The van der Waals surface area contributed by atoms with Crippen molar-refractivity contribution in [3.05, 3.63) is 28.8 Å². The molecule has 0 amide bonds. The molecule has 0 saturated heterocycles. The molecule has 1 rings (SSSR count). The number of aromatic hydroxyl groups is 1. The van der Waals surface area contributed by atoms with Crippen molar-refractivity contribution in [3.8, 4) is 5.75 Å². The van der Waals surface area contributed by atoms with Gasteiger partial charge in [-0.05, 0) is 41.9 Å². The van der Waals surface area contributed by atoms with E-state index in [1.807, 2.05) is 19.9 Å². The van der Waals surface area contributed by atoms with Gasteiger partial charge >= 0.3 is 5.97 Å². The average Bonchev–Trinajstić information content (AvgIpc) is 2.42. The maximum atomic E-state index is 11.3. The number of carbonyl (C=O) groups is 1. The minimum atomic E-state index is -1.06. The van der Waals surface area contributed by atoms with Crippen LogP contribution in [0.3, 0.4) is 0 Å². The molecule has 0 aromatic heterocycles. The van der Waals surface area contributed by atoms with E-state index in [0.29, 0.717) is 0 Å². The van der Waals surface area contributed by atoms with Gasteiger partial charge in [0.2, 0.25) is 0 Å². The van der Waals surface area contributed by atoms with Crippen molar-refractivity contribution >= 4 is 5.97 Å². The molecule has 0 fully saturated rings. The van der Waals surface area contributed by atoms with Crippen molar-refractivity contribution in [2.24, 2.45) is 5.92 Å². The summed E-state index contributed by atoms with van der Waals surface area (Å²) >= 11 is 0. The molecule has 0 bridgehead atoms. The lowest BCUT2D eigenvalue weighted by atomic mass is 9.94. The van der Waals surface area contributed by atoms with Crippen LogP contribution in [0.25, 0.3) is 0 Å². The summed E-state index contributed by atoms with van der Waals surface area (Å²) in [6.07, 6.45) is 6.90. The third-order valence-corrected chi connectivity index (χ3v) is 4.05. The molecule has 0 unspecified atom stereocenters. The Balaban J connectivity index is 2.65. The number of benzene rings is 1. The Hall–Kier alpha value is -1.51. The Morgan fingerprint density at radius 3 is 2.23 bits per heavy atom. The Labute approximate surface area is 134 Å². The molecule has 2 N–H and O–H groups in total. The molecule has 124 valence electrons. The van der Waals surface area contributed by atoms with Crippen molar-refractivity contribution in [1.29, 1.82) is 0 Å². The molecular weight excluding hydrogens is 276 g/mol. The van der Waals surface area contributed by atoms with E-state index < -0.39 is 5.97 Å². The van der Waals surface area contributed by atoms with E-state index in [4.69, 9.17) is 0 Å². The van der Waals surface area contributed by atoms with Gasteiger partial charge in [0.05, 0.1) is 0 Å². The molecule has 0 spiro atoms. The van der Waals surface area contributed by atoms with Gasteiger partial charge in [-0.25, -0.2) is 4.79 Å². The van der Waals surface area contributed by atoms with E-state index in [2.05, 4.69) is 13.8 Å². The third-order valence-electron chi connectivity index (χ3n) is 4.05. The highest BCUT2D eigenvalue weighted by atomic mass is 16.4. The summed E-state index contributed by atoms with van der Waals surface area (Å²) in [7, 11) is 0. The monoisotopic (exact) mass is 306 g/mol. The van der Waals surface area contributed by atoms with Crippen molar-refractivity contribution in [2.75, 3.05) is 0 Å². The number of aryl methyl sites for hydroxylation is 1. The molecule has 0 aliphatic rings. The number of carboxylic acid groups (broad SMARTS) is 1. The van der Waals surface area contributed by atoms with Crippen molar-refractivity contribution < 1.29 is 15.0 Å². The fraction of sp³-hybridized carbons (Fsp3) is 0.632. The summed E-state index contributed by atoms with van der Waals surface area (Å²) < 4.78 is 0. The van der Waals surface area contributed by atoms with Crippen LogP contribution in [-0.2, 0) is 6.42 Å². The molecule has 3 nitrogen and oxygen atoms in total. The van der Waals surface area contributed by atoms with Gasteiger partial charge in [-0.1, -0.05) is 59.4 Å². The summed E-state index contributed by atoms with van der Waals surface area (Å²) in [5.74, 6) is -0.255. The first kappa shape index (κ1) is 18.5. The minimum Gasteiger partial charge on any atom is -0.507 e. The normalized spacial score (nSPS) is 11.4. The number of hydrogen-bond donors (Lipinski definition) is 2. The molecule has 0 saturated carbocycles. The van der Waals surface area contributed by atoms with Crippen LogP contribution in [-0.4, -0.2) is 16.2 Å². The lowest BCUT2D eigenvalue weighted by Gasteiger charge is -2.13. The molecule has 0 heterocycles. The van der Waals surface area contributed by atoms with Crippen molar-refractivity contribution in [3.63, 3.8) is 0 Å². The molecule has 3 heteroatoms. The highest BCUT2D eigenvalue weighted by Crippen LogP contribution is 2.31. The largest absolute Gasteiger partial charge is 0.507 e. The number of rotatable bonds is 9. The standard InChI is InChI=1S/C19H30O3/c1-13(2)9-7-5-6-8-10-15-11-16(14(3)4)18(20)17(12-15)19(21)22/h11-14,20H,5-10H2,1-4H3,(H,21,22). The summed E-state index contributed by atoms with van der Waals surface area (Å²) in [6, 6.07) is 3.58. The SMILES string of the molecule is CC(C)CCCCCCc1cc(C(=O)O)c(O)c(C(C)C)c1. The smallest absolute Gasteiger partial charge is 0.339 e. The van der Waals surface area contributed by atoms with Crippen LogP contribution in [0.2, 0.25) is 0 Å². The average molecular weight is 306 g/mol. The van der Waals surface area contributed by atoms with Gasteiger partial charge in [0, 0.05) is 0 Å². The lowest BCUT2D eigenvalue weighted by molar-refractivity contribution is 0.0693. The Morgan fingerprint density at radius 1 is 1.05 bits per heavy atom. The van der Waals surface area contributed by atoms with Crippen LogP contribution in [0, 0.1) is 5.92 Å². The quantitative estimate of drug-likeness (QED) is 0.603. The van der Waals surface area contributed by atoms with Crippen LogP contribution in [0.1, 0.15) is 87.2 Å².